The molecule has 2 aliphatic heterocycles. The van der Waals surface area contributed by atoms with Gasteiger partial charge in [-0.1, -0.05) is 30.3 Å². The summed E-state index contributed by atoms with van der Waals surface area (Å²) in [5.74, 6) is 3.02. The third-order valence-electron chi connectivity index (χ3n) is 7.52. The fourth-order valence-corrected chi connectivity index (χ4v) is 5.92. The van der Waals surface area contributed by atoms with E-state index >= 15 is 0 Å². The van der Waals surface area contributed by atoms with Crippen molar-refractivity contribution < 1.29 is 4.79 Å². The number of nitrogens with zero attached hydrogens (tertiary/aromatic N) is 4. The molecule has 1 aromatic carbocycles. The molecule has 6 nitrogen and oxygen atoms in total. The highest BCUT2D eigenvalue weighted by Crippen LogP contribution is 2.39. The second-order valence-electron chi connectivity index (χ2n) is 9.30. The van der Waals surface area contributed by atoms with E-state index in [9.17, 15) is 4.79 Å². The van der Waals surface area contributed by atoms with Gasteiger partial charge in [-0.15, -0.1) is 0 Å². The minimum Gasteiger partial charge on any atom is -0.356 e. The maximum absolute atomic E-state index is 13.2. The highest BCUT2D eigenvalue weighted by molar-refractivity contribution is 5.82. The van der Waals surface area contributed by atoms with Crippen LogP contribution in [0.1, 0.15) is 62.0 Å². The third-order valence-corrected chi connectivity index (χ3v) is 7.52. The summed E-state index contributed by atoms with van der Waals surface area (Å²) in [5, 5.41) is 7.88. The van der Waals surface area contributed by atoms with Crippen LogP contribution in [0.25, 0.3) is 5.82 Å². The largest absolute Gasteiger partial charge is 0.356 e. The van der Waals surface area contributed by atoms with Crippen molar-refractivity contribution in [2.45, 2.75) is 57.3 Å². The van der Waals surface area contributed by atoms with Gasteiger partial charge in [0.15, 0.2) is 0 Å². The Balaban J connectivity index is 1.15. The van der Waals surface area contributed by atoms with E-state index in [2.05, 4.69) is 50.6 Å². The van der Waals surface area contributed by atoms with Crippen molar-refractivity contribution in [1.82, 2.24) is 19.7 Å². The van der Waals surface area contributed by atoms with Crippen LogP contribution in [-0.4, -0.2) is 38.5 Å². The molecule has 0 radical (unpaired) electrons. The Hall–Kier alpha value is -2.89. The smallest absolute Gasteiger partial charge is 0.231 e. The van der Waals surface area contributed by atoms with Gasteiger partial charge in [-0.3, -0.25) is 4.79 Å². The average molecular weight is 416 g/mol. The van der Waals surface area contributed by atoms with Crippen LogP contribution < -0.4 is 5.32 Å². The number of carbonyl (C=O) groups is 1. The highest BCUT2D eigenvalue weighted by atomic mass is 16.1. The molecule has 6 rings (SSSR count). The maximum atomic E-state index is 13.2. The van der Waals surface area contributed by atoms with Gasteiger partial charge in [0.05, 0.1) is 0 Å². The summed E-state index contributed by atoms with van der Waals surface area (Å²) in [5.41, 5.74) is 5.39. The molecule has 2 aliphatic carbocycles. The normalized spacial score (nSPS) is 23.0. The van der Waals surface area contributed by atoms with Gasteiger partial charge in [0, 0.05) is 36.7 Å². The zero-order valence-electron chi connectivity index (χ0n) is 17.9. The first-order chi connectivity index (χ1) is 15.3. The average Bonchev–Trinajstić information content (AvgIpc) is 3.47. The zero-order chi connectivity index (χ0) is 20.8. The number of hydrogen-bond acceptors (Lipinski definition) is 5. The Morgan fingerprint density at radius 1 is 1.13 bits per heavy atom. The molecule has 2 aromatic rings. The van der Waals surface area contributed by atoms with Crippen LogP contribution >= 0.6 is 0 Å². The number of carbonyl (C=O) groups excluding carboxylic acids is 1. The highest BCUT2D eigenvalue weighted by Gasteiger charge is 2.34. The molecule has 1 N–H and O–H groups in total. The summed E-state index contributed by atoms with van der Waals surface area (Å²) >= 11 is 0. The van der Waals surface area contributed by atoms with Crippen molar-refractivity contribution >= 4 is 17.6 Å². The molecule has 1 aromatic heterocycles. The first kappa shape index (κ1) is 18.8. The van der Waals surface area contributed by atoms with Crippen LogP contribution in [0.2, 0.25) is 0 Å². The molecular weight excluding hydrogens is 386 g/mol. The molecular formula is C25H29N5O. The van der Waals surface area contributed by atoms with E-state index in [1.54, 1.807) is 6.33 Å². The molecule has 0 bridgehead atoms. The van der Waals surface area contributed by atoms with E-state index in [1.807, 2.05) is 4.68 Å². The minimum absolute atomic E-state index is 0.187. The SMILES string of the molecule is O=C(CC1CCCc2ccccc21)C1CCN(C2=C3CCC=C3Nc3ncnn32)CC1. The van der Waals surface area contributed by atoms with Gasteiger partial charge in [-0.05, 0) is 62.0 Å². The van der Waals surface area contributed by atoms with Gasteiger partial charge in [0.25, 0.3) is 0 Å². The molecule has 1 unspecified atom stereocenters. The summed E-state index contributed by atoms with van der Waals surface area (Å²) in [7, 11) is 0. The lowest BCUT2D eigenvalue weighted by molar-refractivity contribution is -0.124. The topological polar surface area (TPSA) is 63.1 Å². The predicted molar refractivity (Wildman–Crippen MR) is 120 cm³/mol. The van der Waals surface area contributed by atoms with Crippen molar-refractivity contribution in [3.05, 3.63) is 59.1 Å². The fourth-order valence-electron chi connectivity index (χ4n) is 5.92. The predicted octanol–water partition coefficient (Wildman–Crippen LogP) is 4.34. The number of rotatable bonds is 4. The Morgan fingerprint density at radius 3 is 2.90 bits per heavy atom. The van der Waals surface area contributed by atoms with Crippen LogP contribution in [0.3, 0.4) is 0 Å². The van der Waals surface area contributed by atoms with Crippen molar-refractivity contribution in [2.75, 3.05) is 18.4 Å². The van der Waals surface area contributed by atoms with Crippen molar-refractivity contribution in [1.29, 1.82) is 0 Å². The van der Waals surface area contributed by atoms with Crippen LogP contribution in [0.4, 0.5) is 5.95 Å². The number of nitrogens with one attached hydrogen (secondary N) is 1. The number of ketones is 1. The summed E-state index contributed by atoms with van der Waals surface area (Å²) in [4.78, 5) is 20.0. The lowest BCUT2D eigenvalue weighted by Gasteiger charge is -2.37. The number of Topliss-reactive ketones (excluding diaryl/α,β-unsaturated/α-hetero) is 1. The second-order valence-corrected chi connectivity index (χ2v) is 9.30. The van der Waals surface area contributed by atoms with Crippen LogP contribution in [0.5, 0.6) is 0 Å². The molecule has 3 heterocycles. The summed E-state index contributed by atoms with van der Waals surface area (Å²) in [6, 6.07) is 8.73. The fraction of sp³-hybridized carbons (Fsp3) is 0.480. The summed E-state index contributed by atoms with van der Waals surface area (Å²) in [6.07, 6.45) is 12.0. The number of fused-ring (bicyclic) bond motifs is 3. The van der Waals surface area contributed by atoms with Gasteiger partial charge in [-0.2, -0.15) is 14.8 Å². The number of hydrogen-bond donors (Lipinski definition) is 1. The van der Waals surface area contributed by atoms with Gasteiger partial charge in [-0.25, -0.2) is 0 Å². The molecule has 1 saturated heterocycles. The van der Waals surface area contributed by atoms with E-state index in [-0.39, 0.29) is 5.92 Å². The van der Waals surface area contributed by atoms with E-state index < -0.39 is 0 Å². The third kappa shape index (κ3) is 3.29. The molecule has 0 amide bonds. The van der Waals surface area contributed by atoms with Crippen LogP contribution in [-0.2, 0) is 11.2 Å². The zero-order valence-corrected chi connectivity index (χ0v) is 17.9. The summed E-state index contributed by atoms with van der Waals surface area (Å²) < 4.78 is 1.94. The van der Waals surface area contributed by atoms with E-state index in [0.717, 1.165) is 57.6 Å². The minimum atomic E-state index is 0.187. The Bertz CT molecular complexity index is 1070. The molecule has 6 heteroatoms. The Kier molecular flexibility index (Phi) is 4.66. The van der Waals surface area contributed by atoms with E-state index in [0.29, 0.717) is 18.1 Å². The van der Waals surface area contributed by atoms with Gasteiger partial charge in [0.2, 0.25) is 5.95 Å². The first-order valence-electron chi connectivity index (χ1n) is 11.7. The second kappa shape index (κ2) is 7.66. The Labute approximate surface area is 183 Å². The molecule has 1 fully saturated rings. The Morgan fingerprint density at radius 2 is 2.00 bits per heavy atom. The van der Waals surface area contributed by atoms with Crippen molar-refractivity contribution in [2.24, 2.45) is 5.92 Å². The van der Waals surface area contributed by atoms with E-state index in [1.165, 1.54) is 34.6 Å². The number of aromatic nitrogens is 3. The first-order valence-corrected chi connectivity index (χ1v) is 11.7. The van der Waals surface area contributed by atoms with Crippen LogP contribution in [0.15, 0.2) is 47.9 Å². The number of piperidine rings is 1. The molecule has 0 spiro atoms. The monoisotopic (exact) mass is 415 g/mol. The lowest BCUT2D eigenvalue weighted by atomic mass is 9.78. The molecule has 0 saturated carbocycles. The quantitative estimate of drug-likeness (QED) is 0.805. The van der Waals surface area contributed by atoms with Gasteiger partial charge in [0.1, 0.15) is 17.9 Å². The number of allylic oxidation sites excluding steroid dienone is 2. The number of aryl methyl sites for hydroxylation is 1. The lowest BCUT2D eigenvalue weighted by Crippen LogP contribution is -2.39. The molecule has 31 heavy (non-hydrogen) atoms. The number of anilines is 1. The molecule has 1 atom stereocenters. The van der Waals surface area contributed by atoms with Gasteiger partial charge >= 0.3 is 0 Å². The summed E-state index contributed by atoms with van der Waals surface area (Å²) in [6.45, 7) is 1.81. The molecule has 160 valence electrons. The van der Waals surface area contributed by atoms with Crippen molar-refractivity contribution in [3.8, 4) is 0 Å². The van der Waals surface area contributed by atoms with Crippen LogP contribution in [0, 0.1) is 5.92 Å². The maximum Gasteiger partial charge on any atom is 0.231 e. The number of likely N-dealkylation sites (tertiary alicyclic amines) is 1. The van der Waals surface area contributed by atoms with Crippen molar-refractivity contribution in [3.63, 3.8) is 0 Å². The molecule has 4 aliphatic rings. The van der Waals surface area contributed by atoms with E-state index in [4.69, 9.17) is 0 Å². The number of benzene rings is 1. The standard InChI is InChI=1S/C25H29N5O/c31-23(15-19-7-3-6-17-5-1-2-8-20(17)19)18-11-13-29(14-12-18)24-21-9-4-10-22(21)28-25-26-16-27-30(24)25/h1-2,5,8,10,16,18-19H,3-4,6-7,9,11-15H2,(H,26,27,28). The van der Waals surface area contributed by atoms with Gasteiger partial charge < -0.3 is 10.2 Å².